The molecular formula is C22H25N3O6. The summed E-state index contributed by atoms with van der Waals surface area (Å²) in [5, 5.41) is 12.7. The fraction of sp³-hybridized carbons (Fsp3) is 0.455. The van der Waals surface area contributed by atoms with Gasteiger partial charge >= 0.3 is 6.03 Å². The number of imide groups is 2. The van der Waals surface area contributed by atoms with Gasteiger partial charge in [-0.05, 0) is 51.0 Å². The zero-order chi connectivity index (χ0) is 22.3. The van der Waals surface area contributed by atoms with Gasteiger partial charge in [0.05, 0.1) is 24.1 Å². The molecule has 0 spiro atoms. The summed E-state index contributed by atoms with van der Waals surface area (Å²) in [7, 11) is 0. The number of hydrogen-bond donors (Lipinski definition) is 2. The molecule has 5 amide bonds. The maximum atomic E-state index is 12.7. The SMILES string of the molecule is CC1(C)NC(=O)N(C[C@H](O)COc2ccc(N3C(=O)[C@@H]4CC=CC[C@H]4C3=O)cc2)C1=O. The van der Waals surface area contributed by atoms with Crippen LogP contribution in [-0.4, -0.2) is 58.6 Å². The molecule has 3 aliphatic rings. The monoisotopic (exact) mass is 427 g/mol. The van der Waals surface area contributed by atoms with Crippen LogP contribution in [0.1, 0.15) is 26.7 Å². The molecule has 0 saturated carbocycles. The van der Waals surface area contributed by atoms with Crippen molar-refractivity contribution in [3.63, 3.8) is 0 Å². The van der Waals surface area contributed by atoms with E-state index in [9.17, 15) is 24.3 Å². The first-order valence-corrected chi connectivity index (χ1v) is 10.3. The highest BCUT2D eigenvalue weighted by Crippen LogP contribution is 2.37. The number of allylic oxidation sites excluding steroid dienone is 2. The Hall–Kier alpha value is -3.20. The number of hydrogen-bond acceptors (Lipinski definition) is 6. The molecule has 3 atom stereocenters. The Balaban J connectivity index is 1.34. The summed E-state index contributed by atoms with van der Waals surface area (Å²) >= 11 is 0. The normalized spacial score (nSPS) is 25.6. The minimum Gasteiger partial charge on any atom is -0.491 e. The number of aliphatic hydroxyl groups is 1. The first-order chi connectivity index (χ1) is 14.7. The number of carbonyl (C=O) groups is 4. The van der Waals surface area contributed by atoms with Crippen LogP contribution >= 0.6 is 0 Å². The number of nitrogens with one attached hydrogen (secondary N) is 1. The zero-order valence-corrected chi connectivity index (χ0v) is 17.4. The van der Waals surface area contributed by atoms with Crippen LogP contribution in [0.15, 0.2) is 36.4 Å². The Kier molecular flexibility index (Phi) is 5.30. The van der Waals surface area contributed by atoms with Crippen molar-refractivity contribution >= 4 is 29.4 Å². The van der Waals surface area contributed by atoms with Crippen molar-refractivity contribution < 1.29 is 29.0 Å². The number of aliphatic hydroxyl groups excluding tert-OH is 1. The average molecular weight is 427 g/mol. The Morgan fingerprint density at radius 2 is 1.65 bits per heavy atom. The van der Waals surface area contributed by atoms with Gasteiger partial charge < -0.3 is 15.2 Å². The number of nitrogens with zero attached hydrogens (tertiary/aromatic N) is 2. The van der Waals surface area contributed by atoms with E-state index < -0.39 is 23.6 Å². The Labute approximate surface area is 179 Å². The average Bonchev–Trinajstić information content (AvgIpc) is 3.11. The maximum Gasteiger partial charge on any atom is 0.325 e. The fourth-order valence-electron chi connectivity index (χ4n) is 4.19. The van der Waals surface area contributed by atoms with Crippen molar-refractivity contribution in [1.82, 2.24) is 10.2 Å². The van der Waals surface area contributed by atoms with Crippen LogP contribution in [0, 0.1) is 11.8 Å². The van der Waals surface area contributed by atoms with Gasteiger partial charge in [0.1, 0.15) is 24.0 Å². The number of rotatable bonds is 6. The number of carbonyl (C=O) groups excluding carboxylic acids is 4. The lowest BCUT2D eigenvalue weighted by Gasteiger charge is -2.20. The number of anilines is 1. The molecule has 0 bridgehead atoms. The Bertz CT molecular complexity index is 928. The number of benzene rings is 1. The summed E-state index contributed by atoms with van der Waals surface area (Å²) in [6, 6.07) is 5.93. The lowest BCUT2D eigenvalue weighted by molar-refractivity contribution is -0.131. The van der Waals surface area contributed by atoms with Gasteiger partial charge in [-0.1, -0.05) is 12.2 Å². The third-order valence-corrected chi connectivity index (χ3v) is 5.88. The number of ether oxygens (including phenoxy) is 1. The summed E-state index contributed by atoms with van der Waals surface area (Å²) in [4.78, 5) is 51.6. The van der Waals surface area contributed by atoms with Gasteiger partial charge in [0.2, 0.25) is 11.8 Å². The smallest absolute Gasteiger partial charge is 0.325 e. The van der Waals surface area contributed by atoms with Gasteiger partial charge in [0.25, 0.3) is 5.91 Å². The van der Waals surface area contributed by atoms with E-state index in [1.807, 2.05) is 12.2 Å². The number of amides is 5. The van der Waals surface area contributed by atoms with Crippen molar-refractivity contribution in [3.05, 3.63) is 36.4 Å². The number of fused-ring (bicyclic) bond motifs is 1. The third kappa shape index (κ3) is 3.81. The van der Waals surface area contributed by atoms with Crippen molar-refractivity contribution in [1.29, 1.82) is 0 Å². The van der Waals surface area contributed by atoms with Crippen molar-refractivity contribution in [3.8, 4) is 5.75 Å². The molecule has 1 aliphatic carbocycles. The second kappa shape index (κ2) is 7.81. The van der Waals surface area contributed by atoms with E-state index in [0.29, 0.717) is 24.3 Å². The molecule has 164 valence electrons. The highest BCUT2D eigenvalue weighted by molar-refractivity contribution is 6.22. The third-order valence-electron chi connectivity index (χ3n) is 5.88. The summed E-state index contributed by atoms with van der Waals surface area (Å²) < 4.78 is 5.55. The summed E-state index contributed by atoms with van der Waals surface area (Å²) in [5.74, 6) is -0.923. The van der Waals surface area contributed by atoms with Gasteiger partial charge in [0, 0.05) is 0 Å². The van der Waals surface area contributed by atoms with E-state index in [1.165, 1.54) is 4.90 Å². The summed E-state index contributed by atoms with van der Waals surface area (Å²) in [5.41, 5.74) is -0.509. The molecule has 31 heavy (non-hydrogen) atoms. The van der Waals surface area contributed by atoms with Crippen molar-refractivity contribution in [2.45, 2.75) is 38.3 Å². The quantitative estimate of drug-likeness (QED) is 0.401. The standard InChI is InChI=1S/C22H25N3O6/c1-22(2)20(29)24(21(30)23-22)11-14(26)12-31-15-9-7-13(8-10-15)25-18(27)16-5-3-4-6-17(16)19(25)28/h3-4,7-10,14,16-17,26H,5-6,11-12H2,1-2H3,(H,23,30)/t14-,16+,17+/m0/s1. The molecule has 2 saturated heterocycles. The van der Waals surface area contributed by atoms with Gasteiger partial charge in [0.15, 0.2) is 0 Å². The first-order valence-electron chi connectivity index (χ1n) is 10.3. The van der Waals surface area contributed by atoms with E-state index >= 15 is 0 Å². The molecule has 9 heteroatoms. The first kappa shape index (κ1) is 21.0. The predicted octanol–water partition coefficient (Wildman–Crippen LogP) is 1.21. The van der Waals surface area contributed by atoms with Gasteiger partial charge in [-0.15, -0.1) is 0 Å². The number of urea groups is 1. The van der Waals surface area contributed by atoms with E-state index in [2.05, 4.69) is 5.32 Å². The molecule has 0 aromatic heterocycles. The molecule has 2 aliphatic heterocycles. The Morgan fingerprint density at radius 1 is 1.06 bits per heavy atom. The topological polar surface area (TPSA) is 116 Å². The Morgan fingerprint density at radius 3 is 2.16 bits per heavy atom. The molecule has 2 fully saturated rings. The predicted molar refractivity (Wildman–Crippen MR) is 110 cm³/mol. The highest BCUT2D eigenvalue weighted by Gasteiger charge is 2.48. The van der Waals surface area contributed by atoms with E-state index in [4.69, 9.17) is 4.74 Å². The lowest BCUT2D eigenvalue weighted by Crippen LogP contribution is -2.42. The molecule has 2 heterocycles. The second-order valence-electron chi connectivity index (χ2n) is 8.60. The molecule has 4 rings (SSSR count). The molecule has 2 N–H and O–H groups in total. The minimum absolute atomic E-state index is 0.131. The minimum atomic E-state index is -1.07. The van der Waals surface area contributed by atoms with Crippen LogP contribution in [0.3, 0.4) is 0 Å². The lowest BCUT2D eigenvalue weighted by atomic mass is 9.85. The molecule has 1 aromatic rings. The van der Waals surface area contributed by atoms with Crippen LogP contribution in [0.25, 0.3) is 0 Å². The summed E-state index contributed by atoms with van der Waals surface area (Å²) in [6.07, 6.45) is 3.98. The molecular weight excluding hydrogens is 402 g/mol. The van der Waals surface area contributed by atoms with E-state index in [0.717, 1.165) is 4.90 Å². The van der Waals surface area contributed by atoms with Crippen LogP contribution in [0.5, 0.6) is 5.75 Å². The van der Waals surface area contributed by atoms with E-state index in [-0.39, 0.29) is 36.8 Å². The van der Waals surface area contributed by atoms with Crippen molar-refractivity contribution in [2.75, 3.05) is 18.1 Å². The largest absolute Gasteiger partial charge is 0.491 e. The van der Waals surface area contributed by atoms with Crippen molar-refractivity contribution in [2.24, 2.45) is 11.8 Å². The number of β-amino-alcohol motifs (C(OH)–C–C–N with tert-alkyl or cyclic N) is 1. The molecule has 9 nitrogen and oxygen atoms in total. The highest BCUT2D eigenvalue weighted by atomic mass is 16.5. The van der Waals surface area contributed by atoms with Gasteiger partial charge in [-0.2, -0.15) is 0 Å². The van der Waals surface area contributed by atoms with Gasteiger partial charge in [-0.3, -0.25) is 24.2 Å². The second-order valence-corrected chi connectivity index (χ2v) is 8.60. The van der Waals surface area contributed by atoms with Crippen LogP contribution in [0.4, 0.5) is 10.5 Å². The zero-order valence-electron chi connectivity index (χ0n) is 17.4. The summed E-state index contributed by atoms with van der Waals surface area (Å²) in [6.45, 7) is 2.88. The van der Waals surface area contributed by atoms with Crippen LogP contribution in [0.2, 0.25) is 0 Å². The molecule has 0 radical (unpaired) electrons. The van der Waals surface area contributed by atoms with Crippen LogP contribution < -0.4 is 15.0 Å². The molecule has 0 unspecified atom stereocenters. The molecule has 1 aromatic carbocycles. The van der Waals surface area contributed by atoms with Crippen LogP contribution in [-0.2, 0) is 14.4 Å². The fourth-order valence-corrected chi connectivity index (χ4v) is 4.19. The van der Waals surface area contributed by atoms with Gasteiger partial charge in [-0.25, -0.2) is 4.79 Å². The maximum absolute atomic E-state index is 12.7. The van der Waals surface area contributed by atoms with E-state index in [1.54, 1.807) is 38.1 Å².